The summed E-state index contributed by atoms with van der Waals surface area (Å²) in [5, 5.41) is 7.00. The van der Waals surface area contributed by atoms with Crippen LogP contribution in [-0.4, -0.2) is 33.8 Å². The summed E-state index contributed by atoms with van der Waals surface area (Å²) in [6.07, 6.45) is 3.32. The topological polar surface area (TPSA) is 95.2 Å². The van der Waals surface area contributed by atoms with Crippen LogP contribution in [0.25, 0.3) is 0 Å². The molecule has 0 amide bonds. The zero-order valence-electron chi connectivity index (χ0n) is 11.1. The first-order chi connectivity index (χ1) is 9.85. The fraction of sp³-hybridized carbons (Fsp3) is 0.500. The van der Waals surface area contributed by atoms with Crippen molar-refractivity contribution in [3.63, 3.8) is 0 Å². The van der Waals surface area contributed by atoms with Crippen LogP contribution in [0.4, 0.5) is 5.82 Å². The number of aromatic nitrogens is 4. The number of methoxy groups -OCH3 is 1. The van der Waals surface area contributed by atoms with Gasteiger partial charge in [0.05, 0.1) is 13.7 Å². The van der Waals surface area contributed by atoms with Gasteiger partial charge in [-0.05, 0) is 12.8 Å². The standard InChI is InChI=1S/C12H15N5O3/c1-18-11-5-9(14-7-15-11)13-6-10-16-12(20-17-10)8-3-2-4-19-8/h5,7-8H,2-4,6H2,1H3,(H,13,14,15)/t8-/m1/s1. The van der Waals surface area contributed by atoms with E-state index in [0.29, 0.717) is 30.0 Å². The third kappa shape index (κ3) is 2.85. The molecule has 8 heteroatoms. The highest BCUT2D eigenvalue weighted by atomic mass is 16.5. The van der Waals surface area contributed by atoms with Gasteiger partial charge in [0.1, 0.15) is 18.2 Å². The molecule has 0 aliphatic carbocycles. The Kier molecular flexibility index (Phi) is 3.73. The Bertz CT molecular complexity index is 568. The molecule has 0 saturated carbocycles. The van der Waals surface area contributed by atoms with Crippen molar-refractivity contribution in [2.24, 2.45) is 0 Å². The van der Waals surface area contributed by atoms with Crippen LogP contribution in [0, 0.1) is 0 Å². The predicted octanol–water partition coefficient (Wildman–Crippen LogP) is 1.33. The van der Waals surface area contributed by atoms with Gasteiger partial charge in [-0.2, -0.15) is 4.98 Å². The molecule has 2 aromatic heterocycles. The summed E-state index contributed by atoms with van der Waals surface area (Å²) in [4.78, 5) is 12.3. The third-order valence-electron chi connectivity index (χ3n) is 2.97. The minimum absolute atomic E-state index is 0.0598. The number of ether oxygens (including phenoxy) is 2. The molecule has 0 radical (unpaired) electrons. The van der Waals surface area contributed by atoms with Crippen molar-refractivity contribution < 1.29 is 14.0 Å². The summed E-state index contributed by atoms with van der Waals surface area (Å²) >= 11 is 0. The van der Waals surface area contributed by atoms with Gasteiger partial charge in [0.15, 0.2) is 5.82 Å². The fourth-order valence-corrected chi connectivity index (χ4v) is 1.96. The minimum Gasteiger partial charge on any atom is -0.481 e. The summed E-state index contributed by atoms with van der Waals surface area (Å²) in [7, 11) is 1.55. The van der Waals surface area contributed by atoms with Crippen LogP contribution in [0.5, 0.6) is 5.88 Å². The van der Waals surface area contributed by atoms with E-state index < -0.39 is 0 Å². The molecule has 3 heterocycles. The molecule has 1 saturated heterocycles. The maximum atomic E-state index is 5.49. The minimum atomic E-state index is -0.0598. The van der Waals surface area contributed by atoms with E-state index in [9.17, 15) is 0 Å². The first-order valence-corrected chi connectivity index (χ1v) is 6.39. The number of hydrogen-bond donors (Lipinski definition) is 1. The molecule has 3 rings (SSSR count). The molecule has 1 aliphatic heterocycles. The van der Waals surface area contributed by atoms with Crippen molar-refractivity contribution in [2.45, 2.75) is 25.5 Å². The zero-order valence-corrected chi connectivity index (χ0v) is 11.1. The van der Waals surface area contributed by atoms with Crippen molar-refractivity contribution in [1.82, 2.24) is 20.1 Å². The van der Waals surface area contributed by atoms with Gasteiger partial charge in [-0.3, -0.25) is 0 Å². The smallest absolute Gasteiger partial charge is 0.255 e. The Labute approximate surface area is 115 Å². The van der Waals surface area contributed by atoms with Crippen LogP contribution in [0.1, 0.15) is 30.7 Å². The molecule has 0 unspecified atom stereocenters. The molecule has 1 N–H and O–H groups in total. The molecule has 2 aromatic rings. The highest BCUT2D eigenvalue weighted by molar-refractivity contribution is 5.36. The molecule has 0 bridgehead atoms. The van der Waals surface area contributed by atoms with E-state index in [0.717, 1.165) is 19.4 Å². The number of nitrogens with one attached hydrogen (secondary N) is 1. The van der Waals surface area contributed by atoms with Crippen LogP contribution in [0.2, 0.25) is 0 Å². The highest BCUT2D eigenvalue weighted by Gasteiger charge is 2.23. The van der Waals surface area contributed by atoms with Crippen molar-refractivity contribution >= 4 is 5.82 Å². The van der Waals surface area contributed by atoms with E-state index in [1.807, 2.05) is 0 Å². The molecule has 1 aliphatic rings. The third-order valence-corrected chi connectivity index (χ3v) is 2.97. The van der Waals surface area contributed by atoms with Gasteiger partial charge < -0.3 is 19.3 Å². The quantitative estimate of drug-likeness (QED) is 0.874. The van der Waals surface area contributed by atoms with Gasteiger partial charge in [0.2, 0.25) is 5.88 Å². The average Bonchev–Trinajstić information content (AvgIpc) is 3.16. The largest absolute Gasteiger partial charge is 0.481 e. The number of nitrogens with zero attached hydrogens (tertiary/aromatic N) is 4. The summed E-state index contributed by atoms with van der Waals surface area (Å²) in [5.74, 6) is 2.24. The number of rotatable bonds is 5. The molecule has 106 valence electrons. The van der Waals surface area contributed by atoms with Gasteiger partial charge in [0.25, 0.3) is 5.89 Å². The molecule has 8 nitrogen and oxygen atoms in total. The van der Waals surface area contributed by atoms with Gasteiger partial charge >= 0.3 is 0 Å². The molecule has 0 spiro atoms. The van der Waals surface area contributed by atoms with Gasteiger partial charge in [-0.1, -0.05) is 5.16 Å². The lowest BCUT2D eigenvalue weighted by atomic mass is 10.2. The number of anilines is 1. The summed E-state index contributed by atoms with van der Waals surface area (Å²) in [5.41, 5.74) is 0. The van der Waals surface area contributed by atoms with E-state index in [1.54, 1.807) is 13.2 Å². The summed E-state index contributed by atoms with van der Waals surface area (Å²) in [6, 6.07) is 1.70. The Morgan fingerprint density at radius 2 is 2.40 bits per heavy atom. The van der Waals surface area contributed by atoms with E-state index in [-0.39, 0.29) is 6.10 Å². The van der Waals surface area contributed by atoms with Crippen molar-refractivity contribution in [1.29, 1.82) is 0 Å². The zero-order chi connectivity index (χ0) is 13.8. The van der Waals surface area contributed by atoms with E-state index >= 15 is 0 Å². The van der Waals surface area contributed by atoms with Gasteiger partial charge in [0, 0.05) is 12.7 Å². The van der Waals surface area contributed by atoms with Crippen molar-refractivity contribution in [3.05, 3.63) is 24.1 Å². The first kappa shape index (κ1) is 12.8. The fourth-order valence-electron chi connectivity index (χ4n) is 1.96. The van der Waals surface area contributed by atoms with E-state index in [2.05, 4.69) is 25.4 Å². The monoisotopic (exact) mass is 277 g/mol. The predicted molar refractivity (Wildman–Crippen MR) is 68.1 cm³/mol. The Morgan fingerprint density at radius 3 is 3.20 bits per heavy atom. The Hall–Kier alpha value is -2.22. The first-order valence-electron chi connectivity index (χ1n) is 6.39. The SMILES string of the molecule is COc1cc(NCc2noc([C@H]3CCCO3)n2)ncn1. The molecular weight excluding hydrogens is 262 g/mol. The summed E-state index contributed by atoms with van der Waals surface area (Å²) < 4.78 is 15.7. The lowest BCUT2D eigenvalue weighted by molar-refractivity contribution is 0.0835. The molecule has 20 heavy (non-hydrogen) atoms. The molecule has 0 aromatic carbocycles. The van der Waals surface area contributed by atoms with E-state index in [1.165, 1.54) is 6.33 Å². The van der Waals surface area contributed by atoms with Crippen molar-refractivity contribution in [3.8, 4) is 5.88 Å². The van der Waals surface area contributed by atoms with Crippen LogP contribution in [0.15, 0.2) is 16.9 Å². The van der Waals surface area contributed by atoms with Gasteiger partial charge in [-0.25, -0.2) is 9.97 Å². The van der Waals surface area contributed by atoms with Gasteiger partial charge in [-0.15, -0.1) is 0 Å². The number of hydrogen-bond acceptors (Lipinski definition) is 8. The molecule has 1 atom stereocenters. The van der Waals surface area contributed by atoms with E-state index in [4.69, 9.17) is 14.0 Å². The maximum Gasteiger partial charge on any atom is 0.255 e. The normalized spacial score (nSPS) is 18.1. The summed E-state index contributed by atoms with van der Waals surface area (Å²) in [6.45, 7) is 1.16. The van der Waals surface area contributed by atoms with Crippen LogP contribution in [-0.2, 0) is 11.3 Å². The van der Waals surface area contributed by atoms with Crippen LogP contribution >= 0.6 is 0 Å². The molecular formula is C12H15N5O3. The lowest BCUT2D eigenvalue weighted by Gasteiger charge is -2.03. The highest BCUT2D eigenvalue weighted by Crippen LogP contribution is 2.26. The lowest BCUT2D eigenvalue weighted by Crippen LogP contribution is -2.04. The second-order valence-electron chi connectivity index (χ2n) is 4.35. The Morgan fingerprint density at radius 1 is 1.45 bits per heavy atom. The van der Waals surface area contributed by atoms with Crippen LogP contribution < -0.4 is 10.1 Å². The van der Waals surface area contributed by atoms with Crippen molar-refractivity contribution in [2.75, 3.05) is 19.0 Å². The maximum absolute atomic E-state index is 5.49. The molecule has 1 fully saturated rings. The van der Waals surface area contributed by atoms with Crippen LogP contribution in [0.3, 0.4) is 0 Å². The average molecular weight is 277 g/mol. The second-order valence-corrected chi connectivity index (χ2v) is 4.35. The Balaban J connectivity index is 1.60. The second kappa shape index (κ2) is 5.83.